The highest BCUT2D eigenvalue weighted by Gasteiger charge is 2.05. The molecule has 0 saturated carbocycles. The molecule has 0 aliphatic heterocycles. The molecule has 1 heterocycles. The molecule has 0 atom stereocenters. The van der Waals surface area contributed by atoms with Crippen LogP contribution in [-0.2, 0) is 13.1 Å². The number of hydrogen-bond acceptors (Lipinski definition) is 4. The van der Waals surface area contributed by atoms with Crippen molar-refractivity contribution in [2.45, 2.75) is 32.9 Å². The normalized spacial score (nSPS) is 10.6. The smallest absolute Gasteiger partial charge is 0.243 e. The largest absolute Gasteiger partial charge is 0.349 e. The summed E-state index contributed by atoms with van der Waals surface area (Å²) >= 11 is 6.09. The van der Waals surface area contributed by atoms with Gasteiger partial charge >= 0.3 is 0 Å². The van der Waals surface area contributed by atoms with Gasteiger partial charge in [0.15, 0.2) is 0 Å². The number of aryl methyl sites for hydroxylation is 1. The van der Waals surface area contributed by atoms with Gasteiger partial charge in [0.1, 0.15) is 0 Å². The van der Waals surface area contributed by atoms with Crippen molar-refractivity contribution in [2.24, 2.45) is 0 Å². The van der Waals surface area contributed by atoms with Gasteiger partial charge in [-0.2, -0.15) is 0 Å². The predicted molar refractivity (Wildman–Crippen MR) is 71.5 cm³/mol. The minimum Gasteiger partial charge on any atom is -0.349 e. The summed E-state index contributed by atoms with van der Waals surface area (Å²) in [6, 6.07) is 7.73. The van der Waals surface area contributed by atoms with E-state index in [1.165, 1.54) is 0 Å². The fourth-order valence-electron chi connectivity index (χ4n) is 1.61. The third-order valence-electron chi connectivity index (χ3n) is 2.65. The number of anilines is 1. The Balaban J connectivity index is 1.98. The van der Waals surface area contributed by atoms with E-state index < -0.39 is 0 Å². The molecule has 1 aromatic carbocycles. The average Bonchev–Trinajstić information content (AvgIpc) is 2.83. The molecule has 1 aromatic heterocycles. The Morgan fingerprint density at radius 1 is 1.33 bits per heavy atom. The molecule has 0 spiro atoms. The van der Waals surface area contributed by atoms with Gasteiger partial charge in [-0.3, -0.25) is 0 Å². The Bertz CT molecular complexity index is 497. The number of rotatable bonds is 6. The number of nitrogens with one attached hydrogen (secondary N) is 1. The summed E-state index contributed by atoms with van der Waals surface area (Å²) in [5.74, 6) is 0.684. The van der Waals surface area contributed by atoms with E-state index in [2.05, 4.69) is 27.8 Å². The summed E-state index contributed by atoms with van der Waals surface area (Å²) in [5, 5.41) is 15.5. The molecule has 1 N–H and O–H groups in total. The fourth-order valence-corrected chi connectivity index (χ4v) is 1.81. The summed E-state index contributed by atoms with van der Waals surface area (Å²) in [5.41, 5.74) is 1.03. The number of aromatic nitrogens is 4. The lowest BCUT2D eigenvalue weighted by atomic mass is 10.2. The lowest BCUT2D eigenvalue weighted by Gasteiger charge is -2.07. The van der Waals surface area contributed by atoms with Crippen LogP contribution in [0.25, 0.3) is 0 Å². The van der Waals surface area contributed by atoms with Crippen molar-refractivity contribution in [3.05, 3.63) is 34.9 Å². The number of hydrogen-bond donors (Lipinski definition) is 1. The average molecular weight is 266 g/mol. The van der Waals surface area contributed by atoms with Crippen LogP contribution < -0.4 is 5.32 Å². The van der Waals surface area contributed by atoms with Crippen molar-refractivity contribution in [1.82, 2.24) is 20.2 Å². The Morgan fingerprint density at radius 3 is 2.94 bits per heavy atom. The minimum absolute atomic E-state index is 0.617. The summed E-state index contributed by atoms with van der Waals surface area (Å²) in [7, 11) is 0. The maximum Gasteiger partial charge on any atom is 0.243 e. The van der Waals surface area contributed by atoms with Crippen LogP contribution >= 0.6 is 11.6 Å². The third-order valence-corrected chi connectivity index (χ3v) is 3.02. The van der Waals surface area contributed by atoms with Gasteiger partial charge in [-0.15, -0.1) is 0 Å². The zero-order valence-electron chi connectivity index (χ0n) is 10.3. The van der Waals surface area contributed by atoms with Crippen LogP contribution in [0.1, 0.15) is 25.3 Å². The molecule has 0 fully saturated rings. The van der Waals surface area contributed by atoms with E-state index in [9.17, 15) is 0 Å². The van der Waals surface area contributed by atoms with Crippen molar-refractivity contribution in [1.29, 1.82) is 0 Å². The monoisotopic (exact) mass is 265 g/mol. The van der Waals surface area contributed by atoms with Gasteiger partial charge in [0.2, 0.25) is 5.95 Å². The highest BCUT2D eigenvalue weighted by molar-refractivity contribution is 6.31. The number of benzene rings is 1. The zero-order chi connectivity index (χ0) is 12.8. The molecule has 96 valence electrons. The van der Waals surface area contributed by atoms with E-state index in [1.54, 1.807) is 4.68 Å². The Morgan fingerprint density at radius 2 is 2.17 bits per heavy atom. The second-order valence-corrected chi connectivity index (χ2v) is 4.43. The molecule has 0 saturated heterocycles. The van der Waals surface area contributed by atoms with Crippen LogP contribution in [0.2, 0.25) is 5.02 Å². The van der Waals surface area contributed by atoms with Gasteiger partial charge in [0.25, 0.3) is 0 Å². The molecule has 0 aliphatic rings. The summed E-state index contributed by atoms with van der Waals surface area (Å²) in [6.07, 6.45) is 2.18. The van der Waals surface area contributed by atoms with E-state index >= 15 is 0 Å². The van der Waals surface area contributed by atoms with E-state index in [0.717, 1.165) is 30.0 Å². The SMILES string of the molecule is CCCCn1nnnc1NCc1ccccc1Cl. The van der Waals surface area contributed by atoms with E-state index in [4.69, 9.17) is 11.6 Å². The van der Waals surface area contributed by atoms with Gasteiger partial charge in [-0.25, -0.2) is 4.68 Å². The van der Waals surface area contributed by atoms with Gasteiger partial charge in [0, 0.05) is 18.1 Å². The number of nitrogens with zero attached hydrogens (tertiary/aromatic N) is 4. The summed E-state index contributed by atoms with van der Waals surface area (Å²) < 4.78 is 1.78. The van der Waals surface area contributed by atoms with Crippen molar-refractivity contribution < 1.29 is 0 Å². The first kappa shape index (κ1) is 12.8. The molecule has 0 amide bonds. The fraction of sp³-hybridized carbons (Fsp3) is 0.417. The van der Waals surface area contributed by atoms with Crippen LogP contribution in [0, 0.1) is 0 Å². The Labute approximate surface area is 111 Å². The molecule has 0 bridgehead atoms. The molecular weight excluding hydrogens is 250 g/mol. The predicted octanol–water partition coefficient (Wildman–Crippen LogP) is 2.74. The van der Waals surface area contributed by atoms with Crippen molar-refractivity contribution in [3.63, 3.8) is 0 Å². The quantitative estimate of drug-likeness (QED) is 0.873. The molecule has 0 radical (unpaired) electrons. The van der Waals surface area contributed by atoms with Crippen LogP contribution in [0.15, 0.2) is 24.3 Å². The summed E-state index contributed by atoms with van der Waals surface area (Å²) in [6.45, 7) is 3.59. The first-order chi connectivity index (χ1) is 8.81. The van der Waals surface area contributed by atoms with Crippen molar-refractivity contribution >= 4 is 17.5 Å². The topological polar surface area (TPSA) is 55.6 Å². The van der Waals surface area contributed by atoms with Gasteiger partial charge < -0.3 is 5.32 Å². The third kappa shape index (κ3) is 3.20. The molecule has 2 rings (SSSR count). The Hall–Kier alpha value is -1.62. The van der Waals surface area contributed by atoms with E-state index in [0.29, 0.717) is 12.5 Å². The lowest BCUT2D eigenvalue weighted by Crippen LogP contribution is -2.09. The number of tetrazole rings is 1. The van der Waals surface area contributed by atoms with E-state index in [-0.39, 0.29) is 0 Å². The van der Waals surface area contributed by atoms with Crippen molar-refractivity contribution in [2.75, 3.05) is 5.32 Å². The maximum atomic E-state index is 6.09. The Kier molecular flexibility index (Phi) is 4.52. The first-order valence-corrected chi connectivity index (χ1v) is 6.42. The molecule has 6 heteroatoms. The highest BCUT2D eigenvalue weighted by atomic mass is 35.5. The van der Waals surface area contributed by atoms with Gasteiger partial charge in [-0.05, 0) is 28.5 Å². The molecule has 0 aliphatic carbocycles. The number of halogens is 1. The van der Waals surface area contributed by atoms with Crippen LogP contribution in [0.4, 0.5) is 5.95 Å². The molecule has 0 unspecified atom stereocenters. The van der Waals surface area contributed by atoms with Gasteiger partial charge in [0.05, 0.1) is 0 Å². The molecule has 2 aromatic rings. The van der Waals surface area contributed by atoms with Crippen molar-refractivity contribution in [3.8, 4) is 0 Å². The van der Waals surface area contributed by atoms with Crippen LogP contribution in [0.5, 0.6) is 0 Å². The van der Waals surface area contributed by atoms with Crippen LogP contribution in [0.3, 0.4) is 0 Å². The van der Waals surface area contributed by atoms with Gasteiger partial charge in [-0.1, -0.05) is 48.2 Å². The standard InChI is InChI=1S/C12H16ClN5/c1-2-3-8-18-12(15-16-17-18)14-9-10-6-4-5-7-11(10)13/h4-7H,2-3,8-9H2,1H3,(H,14,15,17). The van der Waals surface area contributed by atoms with Crippen LogP contribution in [-0.4, -0.2) is 20.2 Å². The first-order valence-electron chi connectivity index (χ1n) is 6.04. The van der Waals surface area contributed by atoms with E-state index in [1.807, 2.05) is 24.3 Å². The molecular formula is C12H16ClN5. The number of unbranched alkanes of at least 4 members (excludes halogenated alkanes) is 1. The second kappa shape index (κ2) is 6.35. The molecule has 18 heavy (non-hydrogen) atoms. The minimum atomic E-state index is 0.617. The highest BCUT2D eigenvalue weighted by Crippen LogP contribution is 2.16. The molecule has 5 nitrogen and oxygen atoms in total. The summed E-state index contributed by atoms with van der Waals surface area (Å²) in [4.78, 5) is 0. The lowest BCUT2D eigenvalue weighted by molar-refractivity contribution is 0.556. The second-order valence-electron chi connectivity index (χ2n) is 4.02. The maximum absolute atomic E-state index is 6.09. The zero-order valence-corrected chi connectivity index (χ0v) is 11.1.